The Balaban J connectivity index is 1.76. The average Bonchev–Trinajstić information content (AvgIpc) is 3.25. The highest BCUT2D eigenvalue weighted by atomic mass is 19.4. The van der Waals surface area contributed by atoms with E-state index in [0.717, 1.165) is 40.7 Å². The van der Waals surface area contributed by atoms with Crippen LogP contribution in [-0.2, 0) is 17.4 Å². The Morgan fingerprint density at radius 3 is 2.38 bits per heavy atom. The average molecular weight is 590 g/mol. The smallest absolute Gasteiger partial charge is 0.481 e. The molecule has 0 radical (unpaired) electrons. The molecule has 1 aliphatic carbocycles. The van der Waals surface area contributed by atoms with Gasteiger partial charge in [0.1, 0.15) is 5.75 Å². The summed E-state index contributed by atoms with van der Waals surface area (Å²) in [4.78, 5) is 11.9. The van der Waals surface area contributed by atoms with Crippen LogP contribution < -0.4 is 4.74 Å². The first kappa shape index (κ1) is 29.5. The van der Waals surface area contributed by atoms with Crippen LogP contribution in [-0.4, -0.2) is 22.0 Å². The summed E-state index contributed by atoms with van der Waals surface area (Å²) < 4.78 is 85.2. The molecule has 1 aromatic heterocycles. The summed E-state index contributed by atoms with van der Waals surface area (Å²) >= 11 is 0. The van der Waals surface area contributed by atoms with Gasteiger partial charge in [-0.2, -0.15) is 13.2 Å². The quantitative estimate of drug-likeness (QED) is 0.208. The minimum atomic E-state index is -4.85. The van der Waals surface area contributed by atoms with Crippen molar-refractivity contribution >= 4 is 16.9 Å². The van der Waals surface area contributed by atoms with Crippen molar-refractivity contribution in [3.63, 3.8) is 0 Å². The summed E-state index contributed by atoms with van der Waals surface area (Å²) in [6.45, 7) is 1.97. The van der Waals surface area contributed by atoms with Crippen LogP contribution in [0.1, 0.15) is 73.4 Å². The van der Waals surface area contributed by atoms with Gasteiger partial charge in [0, 0.05) is 22.5 Å². The third kappa shape index (κ3) is 5.98. The summed E-state index contributed by atoms with van der Waals surface area (Å²) in [5.41, 5.74) is 3.59. The van der Waals surface area contributed by atoms with E-state index in [4.69, 9.17) is 0 Å². The third-order valence-corrected chi connectivity index (χ3v) is 7.83. The first-order valence-electron chi connectivity index (χ1n) is 13.8. The van der Waals surface area contributed by atoms with Gasteiger partial charge in [0.15, 0.2) is 0 Å². The fraction of sp³-hybridized carbons (Fsp3) is 0.344. The van der Waals surface area contributed by atoms with Crippen LogP contribution in [0.25, 0.3) is 22.0 Å². The van der Waals surface area contributed by atoms with Crippen molar-refractivity contribution in [1.82, 2.24) is 4.57 Å². The zero-order valence-electron chi connectivity index (χ0n) is 22.7. The second-order valence-corrected chi connectivity index (χ2v) is 10.6. The van der Waals surface area contributed by atoms with Crippen molar-refractivity contribution in [3.8, 4) is 16.9 Å². The summed E-state index contributed by atoms with van der Waals surface area (Å²) in [6, 6.07) is 15.9. The number of hydrogen-bond donors (Lipinski definition) is 1. The van der Waals surface area contributed by atoms with Gasteiger partial charge in [-0.25, -0.2) is 0 Å². The second kappa shape index (κ2) is 11.4. The molecule has 42 heavy (non-hydrogen) atoms. The molecule has 2 atom stereocenters. The van der Waals surface area contributed by atoms with Crippen LogP contribution in [0.15, 0.2) is 66.7 Å². The molecule has 1 heterocycles. The Kier molecular flexibility index (Phi) is 8.00. The monoisotopic (exact) mass is 589 g/mol. The predicted octanol–water partition coefficient (Wildman–Crippen LogP) is 9.51. The number of aromatic nitrogens is 1. The Hall–Kier alpha value is -3.95. The lowest BCUT2D eigenvalue weighted by atomic mass is 9.83. The van der Waals surface area contributed by atoms with Crippen LogP contribution in [0.2, 0.25) is 0 Å². The maximum atomic E-state index is 13.3. The number of ether oxygens (including phenoxy) is 1. The molecular weight excluding hydrogens is 560 g/mol. The van der Waals surface area contributed by atoms with E-state index in [-0.39, 0.29) is 24.1 Å². The number of halogens is 6. The highest BCUT2D eigenvalue weighted by molar-refractivity contribution is 6.00. The number of alkyl halides is 6. The molecule has 0 spiro atoms. The van der Waals surface area contributed by atoms with Gasteiger partial charge < -0.3 is 14.4 Å². The highest BCUT2D eigenvalue weighted by Gasteiger charge is 2.35. The summed E-state index contributed by atoms with van der Waals surface area (Å²) in [7, 11) is 0. The van der Waals surface area contributed by atoms with Crippen molar-refractivity contribution in [2.75, 3.05) is 0 Å². The Morgan fingerprint density at radius 1 is 1.02 bits per heavy atom. The summed E-state index contributed by atoms with van der Waals surface area (Å²) in [5.74, 6) is -1.65. The Bertz CT molecular complexity index is 1590. The number of rotatable bonds is 8. The number of carboxylic acid groups (broad SMARTS) is 1. The Labute approximate surface area is 238 Å². The molecule has 2 unspecified atom stereocenters. The fourth-order valence-electron chi connectivity index (χ4n) is 6.28. The molecule has 0 amide bonds. The minimum Gasteiger partial charge on any atom is -0.481 e. The largest absolute Gasteiger partial charge is 0.573 e. The zero-order chi connectivity index (χ0) is 30.2. The van der Waals surface area contributed by atoms with E-state index < -0.39 is 24.1 Å². The van der Waals surface area contributed by atoms with E-state index in [1.54, 1.807) is 12.1 Å². The number of benzene rings is 3. The molecule has 0 aliphatic heterocycles. The van der Waals surface area contributed by atoms with E-state index >= 15 is 0 Å². The number of hydrogen-bond acceptors (Lipinski definition) is 2. The number of nitrogens with zero attached hydrogens (tertiary/aromatic N) is 1. The minimum absolute atomic E-state index is 0.112. The van der Waals surface area contributed by atoms with Gasteiger partial charge in [0.25, 0.3) is 0 Å². The molecule has 10 heteroatoms. The molecule has 0 fully saturated rings. The predicted molar refractivity (Wildman–Crippen MR) is 146 cm³/mol. The van der Waals surface area contributed by atoms with Crippen molar-refractivity contribution in [3.05, 3.63) is 89.1 Å². The highest BCUT2D eigenvalue weighted by Crippen LogP contribution is 2.47. The van der Waals surface area contributed by atoms with Crippen LogP contribution in [0.3, 0.4) is 0 Å². The molecule has 0 saturated heterocycles. The lowest BCUT2D eigenvalue weighted by molar-refractivity contribution is -0.274. The molecular formula is C32H29F6NO3. The fourth-order valence-corrected chi connectivity index (χ4v) is 6.28. The van der Waals surface area contributed by atoms with Gasteiger partial charge in [0.05, 0.1) is 18.0 Å². The van der Waals surface area contributed by atoms with Crippen molar-refractivity contribution < 1.29 is 41.0 Å². The molecule has 4 nitrogen and oxygen atoms in total. The normalized spacial score (nSPS) is 16.3. The lowest BCUT2D eigenvalue weighted by Gasteiger charge is -2.29. The number of aryl methyl sites for hydroxylation is 1. The van der Waals surface area contributed by atoms with Gasteiger partial charge in [0.2, 0.25) is 0 Å². The lowest BCUT2D eigenvalue weighted by Crippen LogP contribution is -2.21. The third-order valence-electron chi connectivity index (χ3n) is 7.83. The van der Waals surface area contributed by atoms with Gasteiger partial charge in [-0.15, -0.1) is 13.2 Å². The summed E-state index contributed by atoms with van der Waals surface area (Å²) in [5, 5.41) is 10.6. The number of fused-ring (bicyclic) bond motifs is 3. The SMILES string of the molecule is CCCC(c1ccc(C(F)(F)F)cc1)n1c2c(c3c(-c4cccc(OC(F)(F)F)c4)cccc31)CCCC2CC(=O)O. The van der Waals surface area contributed by atoms with Crippen molar-refractivity contribution in [2.45, 2.75) is 69.9 Å². The molecule has 1 aliphatic rings. The molecule has 5 rings (SSSR count). The molecule has 0 bridgehead atoms. The molecule has 1 N–H and O–H groups in total. The molecule has 4 aromatic rings. The van der Waals surface area contributed by atoms with E-state index in [1.165, 1.54) is 30.3 Å². The van der Waals surface area contributed by atoms with Crippen LogP contribution in [0.4, 0.5) is 26.3 Å². The second-order valence-electron chi connectivity index (χ2n) is 10.6. The standard InChI is InChI=1S/C32H29F6NO3/c1-2-6-26(19-13-15-22(16-14-19)31(33,34)35)39-27-12-5-10-24(20-7-3-9-23(17-20)42-32(36,37)38)29(27)25-11-4-8-21(30(25)39)18-28(40)41/h3,5,7,9-10,12-17,21,26H,2,4,6,8,11,18H2,1H3,(H,40,41). The molecule has 0 saturated carbocycles. The number of carbonyl (C=O) groups is 1. The first-order chi connectivity index (χ1) is 19.9. The van der Waals surface area contributed by atoms with E-state index in [1.807, 2.05) is 19.1 Å². The summed E-state index contributed by atoms with van der Waals surface area (Å²) in [6.07, 6.45) is -6.16. The van der Waals surface area contributed by atoms with E-state index in [2.05, 4.69) is 9.30 Å². The molecule has 3 aromatic carbocycles. The van der Waals surface area contributed by atoms with Gasteiger partial charge >= 0.3 is 18.5 Å². The van der Waals surface area contributed by atoms with Gasteiger partial charge in [-0.05, 0) is 78.3 Å². The van der Waals surface area contributed by atoms with E-state index in [9.17, 15) is 36.2 Å². The van der Waals surface area contributed by atoms with Crippen LogP contribution >= 0.6 is 0 Å². The van der Waals surface area contributed by atoms with Crippen molar-refractivity contribution in [2.24, 2.45) is 0 Å². The number of aliphatic carboxylic acids is 1. The zero-order valence-corrected chi connectivity index (χ0v) is 22.7. The van der Waals surface area contributed by atoms with E-state index in [0.29, 0.717) is 42.4 Å². The number of carboxylic acids is 1. The first-order valence-corrected chi connectivity index (χ1v) is 13.8. The van der Waals surface area contributed by atoms with Gasteiger partial charge in [-0.3, -0.25) is 4.79 Å². The van der Waals surface area contributed by atoms with Gasteiger partial charge in [-0.1, -0.05) is 49.7 Å². The van der Waals surface area contributed by atoms with Crippen LogP contribution in [0, 0.1) is 0 Å². The van der Waals surface area contributed by atoms with Crippen molar-refractivity contribution in [1.29, 1.82) is 0 Å². The topological polar surface area (TPSA) is 51.5 Å². The molecule has 222 valence electrons. The maximum absolute atomic E-state index is 13.3. The van der Waals surface area contributed by atoms with Crippen LogP contribution in [0.5, 0.6) is 5.75 Å². The maximum Gasteiger partial charge on any atom is 0.573 e. The Morgan fingerprint density at radius 2 is 1.74 bits per heavy atom.